The van der Waals surface area contributed by atoms with Crippen molar-refractivity contribution in [1.82, 2.24) is 5.32 Å². The number of nitrogens with zero attached hydrogens (tertiary/aromatic N) is 1. The zero-order chi connectivity index (χ0) is 14.5. The smallest absolute Gasteiger partial charge is 0.146 e. The number of para-hydroxylation sites is 1. The summed E-state index contributed by atoms with van der Waals surface area (Å²) in [5.74, 6) is 0.449. The number of hydrogen-bond acceptors (Lipinski definition) is 3. The highest BCUT2D eigenvalue weighted by Gasteiger charge is 2.21. The van der Waals surface area contributed by atoms with E-state index in [0.29, 0.717) is 5.92 Å². The molecule has 1 heterocycles. The highest BCUT2D eigenvalue weighted by molar-refractivity contribution is 5.55. The first kappa shape index (κ1) is 15.3. The predicted octanol–water partition coefficient (Wildman–Crippen LogP) is 2.97. The molecule has 1 saturated heterocycles. The van der Waals surface area contributed by atoms with Crippen molar-refractivity contribution in [3.8, 4) is 0 Å². The minimum absolute atomic E-state index is 0.137. The average molecular weight is 280 g/mol. The molecule has 0 aliphatic carbocycles. The third-order valence-electron chi connectivity index (χ3n) is 4.17. The van der Waals surface area contributed by atoms with Crippen LogP contribution in [0.5, 0.6) is 0 Å². The first-order chi connectivity index (χ1) is 9.63. The summed E-state index contributed by atoms with van der Waals surface area (Å²) < 4.78 is 19.6. The van der Waals surface area contributed by atoms with Gasteiger partial charge in [0.25, 0.3) is 0 Å². The van der Waals surface area contributed by atoms with Crippen LogP contribution in [0.2, 0.25) is 0 Å². The molecule has 1 fully saturated rings. The maximum absolute atomic E-state index is 14.3. The Kier molecular flexibility index (Phi) is 5.38. The molecule has 3 nitrogen and oxygen atoms in total. The van der Waals surface area contributed by atoms with E-state index in [1.807, 2.05) is 20.2 Å². The van der Waals surface area contributed by atoms with Gasteiger partial charge in [0.05, 0.1) is 5.69 Å². The normalized spacial score (nSPS) is 18.0. The molecule has 1 aromatic carbocycles. The van der Waals surface area contributed by atoms with E-state index in [0.717, 1.165) is 43.9 Å². The van der Waals surface area contributed by atoms with Gasteiger partial charge in [-0.25, -0.2) is 4.39 Å². The van der Waals surface area contributed by atoms with Crippen molar-refractivity contribution in [2.45, 2.75) is 25.8 Å². The summed E-state index contributed by atoms with van der Waals surface area (Å²) in [7, 11) is 3.89. The topological polar surface area (TPSA) is 24.5 Å². The van der Waals surface area contributed by atoms with Crippen LogP contribution in [0.3, 0.4) is 0 Å². The molecule has 1 N–H and O–H groups in total. The molecular weight excluding hydrogens is 255 g/mol. The molecular formula is C16H25FN2O. The van der Waals surface area contributed by atoms with Gasteiger partial charge in [0.1, 0.15) is 5.82 Å². The van der Waals surface area contributed by atoms with E-state index in [9.17, 15) is 4.39 Å². The van der Waals surface area contributed by atoms with E-state index in [4.69, 9.17) is 4.74 Å². The van der Waals surface area contributed by atoms with Gasteiger partial charge >= 0.3 is 0 Å². The van der Waals surface area contributed by atoms with Crippen molar-refractivity contribution >= 4 is 5.69 Å². The van der Waals surface area contributed by atoms with Gasteiger partial charge in [0.2, 0.25) is 0 Å². The molecule has 0 spiro atoms. The number of anilines is 1. The molecule has 0 aromatic heterocycles. The molecule has 1 atom stereocenters. The van der Waals surface area contributed by atoms with Gasteiger partial charge in [0, 0.05) is 32.8 Å². The Balaban J connectivity index is 2.17. The second-order valence-electron chi connectivity index (χ2n) is 5.62. The minimum Gasteiger partial charge on any atom is -0.381 e. The Labute approximate surface area is 121 Å². The van der Waals surface area contributed by atoms with Crippen LogP contribution in [0.4, 0.5) is 10.1 Å². The lowest BCUT2D eigenvalue weighted by Crippen LogP contribution is -2.31. The number of halogens is 1. The van der Waals surface area contributed by atoms with Gasteiger partial charge in [-0.2, -0.15) is 0 Å². The van der Waals surface area contributed by atoms with Crippen molar-refractivity contribution in [2.75, 3.05) is 38.8 Å². The van der Waals surface area contributed by atoms with E-state index in [2.05, 4.69) is 17.1 Å². The van der Waals surface area contributed by atoms with Crippen molar-refractivity contribution < 1.29 is 9.13 Å². The Morgan fingerprint density at radius 3 is 2.75 bits per heavy atom. The van der Waals surface area contributed by atoms with Gasteiger partial charge in [0.15, 0.2) is 0 Å². The number of hydrogen-bond donors (Lipinski definition) is 1. The Hall–Kier alpha value is -1.13. The summed E-state index contributed by atoms with van der Waals surface area (Å²) in [6.07, 6.45) is 2.13. The van der Waals surface area contributed by atoms with E-state index >= 15 is 0 Å². The van der Waals surface area contributed by atoms with E-state index in [1.54, 1.807) is 12.1 Å². The molecule has 1 unspecified atom stereocenters. The summed E-state index contributed by atoms with van der Waals surface area (Å²) in [6.45, 7) is 4.60. The molecule has 0 saturated carbocycles. The first-order valence-electron chi connectivity index (χ1n) is 7.38. The van der Waals surface area contributed by atoms with E-state index in [-0.39, 0.29) is 11.9 Å². The molecule has 0 amide bonds. The van der Waals surface area contributed by atoms with E-state index in [1.165, 1.54) is 0 Å². The second kappa shape index (κ2) is 7.04. The third-order valence-corrected chi connectivity index (χ3v) is 4.17. The molecule has 1 aliphatic heterocycles. The van der Waals surface area contributed by atoms with Gasteiger partial charge in [-0.1, -0.05) is 12.1 Å². The monoisotopic (exact) mass is 280 g/mol. The molecule has 112 valence electrons. The molecule has 4 heteroatoms. The average Bonchev–Trinajstić information content (AvgIpc) is 2.47. The fourth-order valence-electron chi connectivity index (χ4n) is 2.85. The lowest BCUT2D eigenvalue weighted by Gasteiger charge is -2.31. The van der Waals surface area contributed by atoms with Gasteiger partial charge in [-0.3, -0.25) is 0 Å². The number of rotatable bonds is 5. The standard InChI is InChI=1S/C16H25FN2O/c1-12(18-2)14-5-4-6-15(17)16(14)19(3)11-13-7-9-20-10-8-13/h4-6,12-13,18H,7-11H2,1-3H3. The highest BCUT2D eigenvalue weighted by atomic mass is 19.1. The summed E-state index contributed by atoms with van der Waals surface area (Å²) >= 11 is 0. The van der Waals surface area contributed by atoms with Crippen LogP contribution in [0.25, 0.3) is 0 Å². The Morgan fingerprint density at radius 2 is 2.10 bits per heavy atom. The van der Waals surface area contributed by atoms with Gasteiger partial charge < -0.3 is 15.0 Å². The van der Waals surface area contributed by atoms with Crippen LogP contribution in [0.1, 0.15) is 31.4 Å². The van der Waals surface area contributed by atoms with Crippen LogP contribution in [-0.2, 0) is 4.74 Å². The Morgan fingerprint density at radius 1 is 1.40 bits per heavy atom. The molecule has 1 aliphatic rings. The van der Waals surface area contributed by atoms with Crippen molar-refractivity contribution in [3.63, 3.8) is 0 Å². The quantitative estimate of drug-likeness (QED) is 0.897. The predicted molar refractivity (Wildman–Crippen MR) is 80.7 cm³/mol. The number of benzene rings is 1. The summed E-state index contributed by atoms with van der Waals surface area (Å²) in [5.41, 5.74) is 1.74. The third kappa shape index (κ3) is 3.49. The Bertz CT molecular complexity index is 432. The SMILES string of the molecule is CNC(C)c1cccc(F)c1N(C)CC1CCOCC1. The van der Waals surface area contributed by atoms with Crippen molar-refractivity contribution in [2.24, 2.45) is 5.92 Å². The lowest BCUT2D eigenvalue weighted by atomic mass is 9.98. The van der Waals surface area contributed by atoms with Crippen molar-refractivity contribution in [1.29, 1.82) is 0 Å². The summed E-state index contributed by atoms with van der Waals surface area (Å²) in [6, 6.07) is 5.46. The molecule has 2 rings (SSSR count). The van der Waals surface area contributed by atoms with Crippen LogP contribution in [-0.4, -0.2) is 33.9 Å². The van der Waals surface area contributed by atoms with Crippen LogP contribution >= 0.6 is 0 Å². The van der Waals surface area contributed by atoms with Crippen LogP contribution < -0.4 is 10.2 Å². The lowest BCUT2D eigenvalue weighted by molar-refractivity contribution is 0.0685. The second-order valence-corrected chi connectivity index (χ2v) is 5.62. The summed E-state index contributed by atoms with van der Waals surface area (Å²) in [5, 5.41) is 3.19. The number of nitrogens with one attached hydrogen (secondary N) is 1. The van der Waals surface area contributed by atoms with Crippen molar-refractivity contribution in [3.05, 3.63) is 29.6 Å². The largest absolute Gasteiger partial charge is 0.381 e. The molecule has 0 radical (unpaired) electrons. The zero-order valence-corrected chi connectivity index (χ0v) is 12.7. The molecule has 20 heavy (non-hydrogen) atoms. The van der Waals surface area contributed by atoms with Crippen LogP contribution in [0.15, 0.2) is 18.2 Å². The highest BCUT2D eigenvalue weighted by Crippen LogP contribution is 2.30. The fraction of sp³-hybridized carbons (Fsp3) is 0.625. The first-order valence-corrected chi connectivity index (χ1v) is 7.38. The molecule has 1 aromatic rings. The maximum Gasteiger partial charge on any atom is 0.146 e. The maximum atomic E-state index is 14.3. The number of ether oxygens (including phenoxy) is 1. The summed E-state index contributed by atoms with van der Waals surface area (Å²) in [4.78, 5) is 2.06. The van der Waals surface area contributed by atoms with Gasteiger partial charge in [-0.15, -0.1) is 0 Å². The molecule has 0 bridgehead atoms. The fourth-order valence-corrected chi connectivity index (χ4v) is 2.85. The minimum atomic E-state index is -0.140. The van der Waals surface area contributed by atoms with Crippen LogP contribution in [0, 0.1) is 11.7 Å². The zero-order valence-electron chi connectivity index (χ0n) is 12.7. The van der Waals surface area contributed by atoms with E-state index < -0.39 is 0 Å². The van der Waals surface area contributed by atoms with Gasteiger partial charge in [-0.05, 0) is 44.4 Å².